The van der Waals surface area contributed by atoms with Gasteiger partial charge in [0, 0.05) is 10.8 Å². The number of alkyl halides is 1. The van der Waals surface area contributed by atoms with Crippen molar-refractivity contribution >= 4 is 23.9 Å². The van der Waals surface area contributed by atoms with E-state index < -0.39 is 16.8 Å². The fraction of sp³-hybridized carbons (Fsp3) is 0.714. The maximum absolute atomic E-state index is 10.3. The smallest absolute Gasteiger partial charge is 0.304 e. The summed E-state index contributed by atoms with van der Waals surface area (Å²) in [5.74, 6) is -1.63. The summed E-state index contributed by atoms with van der Waals surface area (Å²) < 4.78 is 0. The van der Waals surface area contributed by atoms with E-state index >= 15 is 0 Å². The number of aldehydes is 1. The molecule has 0 fully saturated rings. The fourth-order valence-corrected chi connectivity index (χ4v) is 0.769. The van der Waals surface area contributed by atoms with E-state index in [0.29, 0.717) is 6.29 Å². The van der Waals surface area contributed by atoms with Gasteiger partial charge < -0.3 is 9.90 Å². The van der Waals surface area contributed by atoms with Gasteiger partial charge in [-0.3, -0.25) is 4.79 Å². The molecule has 3 nitrogen and oxygen atoms in total. The zero-order valence-electron chi connectivity index (χ0n) is 6.50. The van der Waals surface area contributed by atoms with Gasteiger partial charge in [-0.1, -0.05) is 0 Å². The summed E-state index contributed by atoms with van der Waals surface area (Å²) in [4.78, 5) is 19.8. The van der Waals surface area contributed by atoms with Gasteiger partial charge in [-0.2, -0.15) is 0 Å². The van der Waals surface area contributed by atoms with Gasteiger partial charge in [-0.25, -0.2) is 0 Å². The van der Waals surface area contributed by atoms with E-state index in [1.807, 2.05) is 0 Å². The summed E-state index contributed by atoms with van der Waals surface area (Å²) in [5.41, 5.74) is 0. The van der Waals surface area contributed by atoms with Crippen LogP contribution in [0.4, 0.5) is 0 Å². The molecule has 64 valence electrons. The van der Waals surface area contributed by atoms with Gasteiger partial charge in [0.2, 0.25) is 0 Å². The van der Waals surface area contributed by atoms with Crippen LogP contribution in [0, 0.1) is 5.92 Å². The van der Waals surface area contributed by atoms with Crippen molar-refractivity contribution in [1.29, 1.82) is 0 Å². The minimum Gasteiger partial charge on any atom is -0.481 e. The second-order valence-electron chi connectivity index (χ2n) is 2.90. The van der Waals surface area contributed by atoms with Crippen LogP contribution >= 0.6 is 11.6 Å². The van der Waals surface area contributed by atoms with Crippen molar-refractivity contribution < 1.29 is 14.7 Å². The van der Waals surface area contributed by atoms with Crippen LogP contribution in [0.5, 0.6) is 0 Å². The van der Waals surface area contributed by atoms with Crippen molar-refractivity contribution in [3.63, 3.8) is 0 Å². The Kier molecular flexibility index (Phi) is 3.52. The van der Waals surface area contributed by atoms with E-state index in [1.54, 1.807) is 13.8 Å². The summed E-state index contributed by atoms with van der Waals surface area (Å²) in [6.45, 7) is 3.24. The van der Waals surface area contributed by atoms with Gasteiger partial charge in [0.05, 0.1) is 6.42 Å². The van der Waals surface area contributed by atoms with Gasteiger partial charge >= 0.3 is 5.97 Å². The maximum atomic E-state index is 10.3. The predicted molar refractivity (Wildman–Crippen MR) is 41.7 cm³/mol. The van der Waals surface area contributed by atoms with Gasteiger partial charge in [0.25, 0.3) is 0 Å². The Morgan fingerprint density at radius 2 is 2.18 bits per heavy atom. The number of carbonyl (C=O) groups is 2. The van der Waals surface area contributed by atoms with Crippen LogP contribution < -0.4 is 0 Å². The van der Waals surface area contributed by atoms with E-state index in [0.717, 1.165) is 0 Å². The molecule has 0 saturated carbocycles. The van der Waals surface area contributed by atoms with E-state index in [1.165, 1.54) is 0 Å². The first-order valence-electron chi connectivity index (χ1n) is 3.24. The van der Waals surface area contributed by atoms with Crippen LogP contribution in [0.15, 0.2) is 0 Å². The molecular weight excluding hydrogens is 168 g/mol. The van der Waals surface area contributed by atoms with Crippen LogP contribution in [0.25, 0.3) is 0 Å². The molecule has 0 aliphatic rings. The number of rotatable bonds is 4. The highest BCUT2D eigenvalue weighted by molar-refractivity contribution is 6.24. The molecule has 0 rings (SSSR count). The lowest BCUT2D eigenvalue weighted by molar-refractivity contribution is -0.139. The summed E-state index contributed by atoms with van der Waals surface area (Å²) in [6, 6.07) is 0. The van der Waals surface area contributed by atoms with Gasteiger partial charge in [-0.15, -0.1) is 11.6 Å². The molecule has 1 unspecified atom stereocenters. The molecular formula is C7H11ClO3. The van der Waals surface area contributed by atoms with Gasteiger partial charge in [0.1, 0.15) is 6.29 Å². The minimum absolute atomic E-state index is 0.208. The van der Waals surface area contributed by atoms with E-state index in [4.69, 9.17) is 16.7 Å². The van der Waals surface area contributed by atoms with Crippen LogP contribution in [0.3, 0.4) is 0 Å². The molecule has 0 spiro atoms. The molecule has 0 aromatic rings. The average molecular weight is 179 g/mol. The van der Waals surface area contributed by atoms with E-state index in [2.05, 4.69) is 0 Å². The number of aliphatic carboxylic acids is 1. The lowest BCUT2D eigenvalue weighted by Gasteiger charge is -2.21. The Morgan fingerprint density at radius 3 is 2.27 bits per heavy atom. The lowest BCUT2D eigenvalue weighted by Crippen LogP contribution is -2.28. The zero-order chi connectivity index (χ0) is 9.07. The molecule has 0 aromatic heterocycles. The van der Waals surface area contributed by atoms with Crippen LogP contribution in [0.2, 0.25) is 0 Å². The van der Waals surface area contributed by atoms with Crippen LogP contribution in [-0.2, 0) is 9.59 Å². The van der Waals surface area contributed by atoms with Crippen molar-refractivity contribution in [3.05, 3.63) is 0 Å². The number of halogens is 1. The van der Waals surface area contributed by atoms with Gasteiger partial charge in [0.15, 0.2) is 0 Å². The van der Waals surface area contributed by atoms with E-state index in [9.17, 15) is 9.59 Å². The number of carboxylic acids is 1. The Hall–Kier alpha value is -0.570. The second-order valence-corrected chi connectivity index (χ2v) is 3.88. The van der Waals surface area contributed by atoms with Crippen molar-refractivity contribution in [2.24, 2.45) is 5.92 Å². The third-order valence-corrected chi connectivity index (χ3v) is 1.72. The lowest BCUT2D eigenvalue weighted by atomic mass is 9.93. The molecule has 0 saturated heterocycles. The highest BCUT2D eigenvalue weighted by Crippen LogP contribution is 2.25. The molecule has 1 atom stereocenters. The third-order valence-electron chi connectivity index (χ3n) is 1.44. The minimum atomic E-state index is -1.00. The largest absolute Gasteiger partial charge is 0.481 e. The van der Waals surface area contributed by atoms with Crippen molar-refractivity contribution in [3.8, 4) is 0 Å². The van der Waals surface area contributed by atoms with Crippen molar-refractivity contribution in [2.75, 3.05) is 0 Å². The number of hydrogen-bond donors (Lipinski definition) is 1. The summed E-state index contributed by atoms with van der Waals surface area (Å²) in [6.07, 6.45) is 0.376. The molecule has 0 heterocycles. The first-order valence-corrected chi connectivity index (χ1v) is 3.61. The van der Waals surface area contributed by atoms with Crippen molar-refractivity contribution in [1.82, 2.24) is 0 Å². The fourth-order valence-electron chi connectivity index (χ4n) is 0.641. The van der Waals surface area contributed by atoms with Gasteiger partial charge in [-0.05, 0) is 13.8 Å². The van der Waals surface area contributed by atoms with Crippen molar-refractivity contribution in [2.45, 2.75) is 25.1 Å². The molecule has 0 bridgehead atoms. The molecule has 4 heteroatoms. The quantitative estimate of drug-likeness (QED) is 0.522. The summed E-state index contributed by atoms with van der Waals surface area (Å²) in [5, 5.41) is 8.36. The maximum Gasteiger partial charge on any atom is 0.304 e. The summed E-state index contributed by atoms with van der Waals surface area (Å²) in [7, 11) is 0. The Labute approximate surface area is 70.3 Å². The molecule has 1 N–H and O–H groups in total. The average Bonchev–Trinajstić information content (AvgIpc) is 1.79. The standard InChI is InChI=1S/C7H11ClO3/c1-7(2,8)5(4-9)3-6(10)11/h4-5H,3H2,1-2H3,(H,10,11). The Morgan fingerprint density at radius 1 is 1.73 bits per heavy atom. The second kappa shape index (κ2) is 3.72. The third kappa shape index (κ3) is 3.98. The highest BCUT2D eigenvalue weighted by Gasteiger charge is 2.28. The first kappa shape index (κ1) is 10.4. The molecule has 11 heavy (non-hydrogen) atoms. The molecule has 0 aromatic carbocycles. The Balaban J connectivity index is 4.18. The number of carboxylic acid groups (broad SMARTS) is 1. The molecule has 0 amide bonds. The number of carbonyl (C=O) groups excluding carboxylic acids is 1. The van der Waals surface area contributed by atoms with Crippen LogP contribution in [-0.4, -0.2) is 22.2 Å². The topological polar surface area (TPSA) is 54.4 Å². The predicted octanol–water partition coefficient (Wildman–Crippen LogP) is 1.29. The zero-order valence-corrected chi connectivity index (χ0v) is 7.26. The number of hydrogen-bond acceptors (Lipinski definition) is 2. The normalized spacial score (nSPS) is 14.1. The highest BCUT2D eigenvalue weighted by atomic mass is 35.5. The van der Waals surface area contributed by atoms with E-state index in [-0.39, 0.29) is 6.42 Å². The Bertz CT molecular complexity index is 160. The SMILES string of the molecule is CC(C)(Cl)C(C=O)CC(=O)O. The molecule has 0 aliphatic carbocycles. The molecule has 0 aliphatic heterocycles. The summed E-state index contributed by atoms with van der Waals surface area (Å²) >= 11 is 5.75. The molecule has 0 radical (unpaired) electrons. The first-order chi connectivity index (χ1) is 4.88. The monoisotopic (exact) mass is 178 g/mol. The van der Waals surface area contributed by atoms with Crippen LogP contribution in [0.1, 0.15) is 20.3 Å².